The molecule has 0 aliphatic heterocycles. The average Bonchev–Trinajstić information content (AvgIpc) is 2.79. The van der Waals surface area contributed by atoms with Crippen molar-refractivity contribution in [3.63, 3.8) is 0 Å². The summed E-state index contributed by atoms with van der Waals surface area (Å²) in [5, 5.41) is 14.6. The Morgan fingerprint density at radius 2 is 2.32 bits per heavy atom. The molecule has 0 saturated carbocycles. The number of nitrogen functional groups attached to an aromatic ring is 1. The predicted molar refractivity (Wildman–Crippen MR) is 95.7 cm³/mol. The minimum Gasteiger partial charge on any atom is -0.494 e. The highest BCUT2D eigenvalue weighted by atomic mass is 16.5. The Balaban J connectivity index is 2.00. The van der Waals surface area contributed by atoms with Gasteiger partial charge in [0.05, 0.1) is 12.2 Å². The van der Waals surface area contributed by atoms with Crippen LogP contribution in [-0.2, 0) is 11.2 Å². The maximum atomic E-state index is 11.9. The van der Waals surface area contributed by atoms with Crippen molar-refractivity contribution in [1.29, 1.82) is 10.8 Å². The Morgan fingerprint density at radius 3 is 3.04 bits per heavy atom. The first-order valence-electron chi connectivity index (χ1n) is 7.70. The van der Waals surface area contributed by atoms with E-state index >= 15 is 0 Å². The number of hydrazine groups is 1. The number of carbonyl (C=O) groups excluding carboxylic acids is 1. The summed E-state index contributed by atoms with van der Waals surface area (Å²) < 4.78 is 11.3. The van der Waals surface area contributed by atoms with Crippen LogP contribution in [0.3, 0.4) is 0 Å². The van der Waals surface area contributed by atoms with Gasteiger partial charge in [-0.25, -0.2) is 5.84 Å². The number of amides is 1. The molecule has 0 atom stereocenters. The van der Waals surface area contributed by atoms with Crippen LogP contribution in [0.4, 0.5) is 0 Å². The Hall–Kier alpha value is -3.15. The Morgan fingerprint density at radius 1 is 1.52 bits per heavy atom. The van der Waals surface area contributed by atoms with Crippen LogP contribution in [0.5, 0.6) is 0 Å². The summed E-state index contributed by atoms with van der Waals surface area (Å²) in [6.07, 6.45) is 10.3. The topological polar surface area (TPSA) is 125 Å². The van der Waals surface area contributed by atoms with E-state index in [2.05, 4.69) is 11.2 Å². The van der Waals surface area contributed by atoms with Crippen molar-refractivity contribution in [3.8, 4) is 0 Å². The second kappa shape index (κ2) is 8.63. The zero-order chi connectivity index (χ0) is 18.2. The zero-order valence-electron chi connectivity index (χ0n) is 13.9. The van der Waals surface area contributed by atoms with Gasteiger partial charge < -0.3 is 20.0 Å². The number of rotatable bonds is 7. The number of hydrogen-bond donors (Lipinski definition) is 4. The van der Waals surface area contributed by atoms with Crippen LogP contribution >= 0.6 is 0 Å². The van der Waals surface area contributed by atoms with E-state index in [1.807, 2.05) is 6.08 Å². The van der Waals surface area contributed by atoms with E-state index in [4.69, 9.17) is 25.8 Å². The van der Waals surface area contributed by atoms with Gasteiger partial charge in [0.2, 0.25) is 0 Å². The van der Waals surface area contributed by atoms with E-state index in [9.17, 15) is 4.79 Å². The lowest BCUT2D eigenvalue weighted by atomic mass is 10.1. The number of ether oxygens (including phenoxy) is 1. The third-order valence-electron chi connectivity index (χ3n) is 3.56. The molecule has 0 unspecified atom stereocenters. The Labute approximate surface area is 145 Å². The molecule has 1 aliphatic carbocycles. The fraction of sp³-hybridized carbons (Fsp3) is 0.222. The summed E-state index contributed by atoms with van der Waals surface area (Å²) >= 11 is 0. The van der Waals surface area contributed by atoms with Crippen LogP contribution in [0.2, 0.25) is 0 Å². The van der Waals surface area contributed by atoms with Gasteiger partial charge in [-0.05, 0) is 37.6 Å². The third kappa shape index (κ3) is 4.67. The fourth-order valence-electron chi connectivity index (χ4n) is 2.40. The summed E-state index contributed by atoms with van der Waals surface area (Å²) in [5.74, 6) is 6.62. The molecule has 0 spiro atoms. The maximum Gasteiger partial charge on any atom is 0.269 e. The van der Waals surface area contributed by atoms with Gasteiger partial charge in [-0.1, -0.05) is 0 Å². The van der Waals surface area contributed by atoms with Crippen LogP contribution in [-0.4, -0.2) is 24.4 Å². The van der Waals surface area contributed by atoms with E-state index < -0.39 is 0 Å². The SMILES string of the molecule is Cc1oc2c(c1C(=O)NN)CC=C(OCCC(=N)C=C=CC=N)C=C2. The van der Waals surface area contributed by atoms with Crippen LogP contribution in [0.15, 0.2) is 40.2 Å². The largest absolute Gasteiger partial charge is 0.494 e. The van der Waals surface area contributed by atoms with Crippen molar-refractivity contribution in [2.24, 2.45) is 5.84 Å². The molecule has 2 rings (SSSR count). The number of furan rings is 1. The molecule has 7 heteroatoms. The second-order valence-electron chi connectivity index (χ2n) is 5.26. The number of nitrogens with two attached hydrogens (primary N) is 1. The Kier molecular flexibility index (Phi) is 6.28. The molecule has 0 radical (unpaired) electrons. The predicted octanol–water partition coefficient (Wildman–Crippen LogP) is 2.43. The van der Waals surface area contributed by atoms with Crippen molar-refractivity contribution in [2.45, 2.75) is 19.8 Å². The normalized spacial score (nSPS) is 12.2. The summed E-state index contributed by atoms with van der Waals surface area (Å²) in [5.41, 5.74) is 6.42. The number of nitrogens with one attached hydrogen (secondary N) is 3. The van der Waals surface area contributed by atoms with Crippen molar-refractivity contribution < 1.29 is 13.9 Å². The highest BCUT2D eigenvalue weighted by Gasteiger charge is 2.22. The Bertz CT molecular complexity index is 809. The van der Waals surface area contributed by atoms with Crippen LogP contribution in [0.1, 0.15) is 33.9 Å². The van der Waals surface area contributed by atoms with Crippen molar-refractivity contribution >= 4 is 23.9 Å². The van der Waals surface area contributed by atoms with Gasteiger partial charge in [0.25, 0.3) is 5.91 Å². The average molecular weight is 340 g/mol. The molecule has 1 aliphatic rings. The first-order chi connectivity index (χ1) is 12.1. The molecule has 0 bridgehead atoms. The molecule has 7 nitrogen and oxygen atoms in total. The molecule has 1 heterocycles. The number of hydrogen-bond acceptors (Lipinski definition) is 6. The molecule has 1 amide bonds. The number of aryl methyl sites for hydroxylation is 1. The molecule has 130 valence electrons. The molecule has 0 saturated heterocycles. The van der Waals surface area contributed by atoms with E-state index in [0.29, 0.717) is 48.0 Å². The van der Waals surface area contributed by atoms with Crippen molar-refractivity contribution in [1.82, 2.24) is 5.43 Å². The van der Waals surface area contributed by atoms with Gasteiger partial charge in [0.1, 0.15) is 17.3 Å². The molecule has 5 N–H and O–H groups in total. The quantitative estimate of drug-likeness (QED) is 0.200. The molecule has 1 aromatic heterocycles. The second-order valence-corrected chi connectivity index (χ2v) is 5.26. The fourth-order valence-corrected chi connectivity index (χ4v) is 2.40. The summed E-state index contributed by atoms with van der Waals surface area (Å²) in [6, 6.07) is 0. The molecule has 0 fully saturated rings. The third-order valence-corrected chi connectivity index (χ3v) is 3.56. The van der Waals surface area contributed by atoms with Gasteiger partial charge in [-0.15, -0.1) is 5.73 Å². The summed E-state index contributed by atoms with van der Waals surface area (Å²) in [7, 11) is 0. The lowest BCUT2D eigenvalue weighted by Crippen LogP contribution is -2.30. The molecule has 0 aromatic carbocycles. The first-order valence-corrected chi connectivity index (χ1v) is 7.70. The highest BCUT2D eigenvalue weighted by Crippen LogP contribution is 2.27. The summed E-state index contributed by atoms with van der Waals surface area (Å²) in [6.45, 7) is 2.06. The van der Waals surface area contributed by atoms with Gasteiger partial charge in [0.15, 0.2) is 0 Å². The van der Waals surface area contributed by atoms with E-state index in [-0.39, 0.29) is 5.91 Å². The smallest absolute Gasteiger partial charge is 0.269 e. The van der Waals surface area contributed by atoms with Crippen LogP contribution in [0, 0.1) is 17.7 Å². The monoisotopic (exact) mass is 340 g/mol. The minimum absolute atomic E-state index is 0.342. The standard InChI is InChI=1S/C18H20N4O3/c1-12-17(18(23)22-21)15-7-5-14(6-8-16(15)25-12)24-11-9-13(20)4-2-3-10-19/h3-6,8,10,19-20H,7,9,11,21H2,1H3,(H,22,23). The van der Waals surface area contributed by atoms with Gasteiger partial charge in [0, 0.05) is 30.0 Å². The minimum atomic E-state index is -0.383. The molecular formula is C18H20N4O3. The van der Waals surface area contributed by atoms with E-state index in [1.54, 1.807) is 19.1 Å². The van der Waals surface area contributed by atoms with Gasteiger partial charge in [-0.2, -0.15) is 0 Å². The lowest BCUT2D eigenvalue weighted by molar-refractivity contribution is 0.0951. The summed E-state index contributed by atoms with van der Waals surface area (Å²) in [4.78, 5) is 11.9. The molecule has 25 heavy (non-hydrogen) atoms. The van der Waals surface area contributed by atoms with Crippen molar-refractivity contribution in [3.05, 3.63) is 58.4 Å². The molecule has 1 aromatic rings. The first kappa shape index (κ1) is 18.2. The lowest BCUT2D eigenvalue weighted by Gasteiger charge is -2.06. The van der Waals surface area contributed by atoms with Crippen LogP contribution in [0.25, 0.3) is 6.08 Å². The van der Waals surface area contributed by atoms with Crippen molar-refractivity contribution in [2.75, 3.05) is 6.61 Å². The number of fused-ring (bicyclic) bond motifs is 1. The highest BCUT2D eigenvalue weighted by molar-refractivity contribution is 5.97. The number of carbonyl (C=O) groups is 1. The van der Waals surface area contributed by atoms with E-state index in [0.717, 1.165) is 11.8 Å². The maximum absolute atomic E-state index is 11.9. The zero-order valence-corrected chi connectivity index (χ0v) is 13.9. The van der Waals surface area contributed by atoms with Gasteiger partial charge in [-0.3, -0.25) is 10.2 Å². The van der Waals surface area contributed by atoms with Gasteiger partial charge >= 0.3 is 0 Å². The number of allylic oxidation sites excluding steroid dienone is 3. The molecular weight excluding hydrogens is 320 g/mol. The van der Waals surface area contributed by atoms with E-state index in [1.165, 1.54) is 12.2 Å². The van der Waals surface area contributed by atoms with Crippen LogP contribution < -0.4 is 11.3 Å².